The molecule has 1 saturated heterocycles. The van der Waals surface area contributed by atoms with Gasteiger partial charge < -0.3 is 10.1 Å². The molecule has 0 aliphatic carbocycles. The summed E-state index contributed by atoms with van der Waals surface area (Å²) in [5.74, 6) is 0.261. The monoisotopic (exact) mass is 422 g/mol. The molecule has 3 amide bonds. The fourth-order valence-corrected chi connectivity index (χ4v) is 3.46. The Morgan fingerprint density at radius 3 is 2.56 bits per heavy atom. The molecule has 1 fully saturated rings. The predicted molar refractivity (Wildman–Crippen MR) is 107 cm³/mol. The molecule has 0 atom stereocenters. The number of carbonyl (C=O) groups excluding carboxylic acids is 2. The van der Waals surface area contributed by atoms with Crippen molar-refractivity contribution in [1.29, 1.82) is 0 Å². The lowest BCUT2D eigenvalue weighted by Crippen LogP contribution is -2.22. The minimum absolute atomic E-state index is 0.219. The van der Waals surface area contributed by atoms with Gasteiger partial charge in [-0.15, -0.1) is 0 Å². The van der Waals surface area contributed by atoms with Gasteiger partial charge in [0.1, 0.15) is 18.1 Å². The van der Waals surface area contributed by atoms with Crippen LogP contribution in [0.4, 0.5) is 4.79 Å². The fourth-order valence-electron chi connectivity index (χ4n) is 2.95. The van der Waals surface area contributed by atoms with Crippen LogP contribution in [-0.2, 0) is 11.4 Å². The molecule has 27 heavy (non-hydrogen) atoms. The number of imide groups is 1. The highest BCUT2D eigenvalue weighted by Gasteiger charge is 2.22. The molecule has 4 rings (SSSR count). The second-order valence-electron chi connectivity index (χ2n) is 6.08. The van der Waals surface area contributed by atoms with Crippen LogP contribution in [0.2, 0.25) is 0 Å². The first kappa shape index (κ1) is 17.3. The second kappa shape index (κ2) is 7.25. The van der Waals surface area contributed by atoms with Gasteiger partial charge >= 0.3 is 6.03 Å². The summed E-state index contributed by atoms with van der Waals surface area (Å²) in [6.45, 7) is 0.443. The Morgan fingerprint density at radius 2 is 1.78 bits per heavy atom. The van der Waals surface area contributed by atoms with E-state index in [9.17, 15) is 9.59 Å². The number of nitrogens with one attached hydrogen (secondary N) is 2. The molecule has 1 aliphatic heterocycles. The SMILES string of the molecule is O=C1NC(=O)C(=Cc2ccc(OCc3cccc4ccccc34)c(Br)c2)N1. The lowest BCUT2D eigenvalue weighted by molar-refractivity contribution is -0.115. The molecule has 0 bridgehead atoms. The van der Waals surface area contributed by atoms with Gasteiger partial charge in [-0.1, -0.05) is 48.5 Å². The van der Waals surface area contributed by atoms with E-state index in [1.807, 2.05) is 36.4 Å². The van der Waals surface area contributed by atoms with Crippen LogP contribution in [0.5, 0.6) is 5.75 Å². The Bertz CT molecular complexity index is 1090. The van der Waals surface area contributed by atoms with Crippen molar-refractivity contribution in [2.45, 2.75) is 6.61 Å². The average Bonchev–Trinajstić information content (AvgIpc) is 2.98. The largest absolute Gasteiger partial charge is 0.488 e. The second-order valence-corrected chi connectivity index (χ2v) is 6.94. The van der Waals surface area contributed by atoms with Gasteiger partial charge in [-0.05, 0) is 56.0 Å². The zero-order chi connectivity index (χ0) is 18.8. The summed E-state index contributed by atoms with van der Waals surface area (Å²) in [6.07, 6.45) is 1.61. The first-order valence-corrected chi connectivity index (χ1v) is 9.12. The summed E-state index contributed by atoms with van der Waals surface area (Å²) >= 11 is 3.50. The van der Waals surface area contributed by atoms with Gasteiger partial charge in [0.25, 0.3) is 5.91 Å². The molecule has 0 aromatic heterocycles. The van der Waals surface area contributed by atoms with Crippen molar-refractivity contribution in [3.05, 3.63) is 82.0 Å². The van der Waals surface area contributed by atoms with Crippen LogP contribution in [0.15, 0.2) is 70.8 Å². The summed E-state index contributed by atoms with van der Waals surface area (Å²) in [5, 5.41) is 6.98. The normalized spacial score (nSPS) is 15.1. The van der Waals surface area contributed by atoms with Gasteiger partial charge in [0.15, 0.2) is 0 Å². The maximum absolute atomic E-state index is 11.6. The van der Waals surface area contributed by atoms with Crippen LogP contribution in [0.1, 0.15) is 11.1 Å². The molecule has 6 heteroatoms. The van der Waals surface area contributed by atoms with Gasteiger partial charge in [-0.3, -0.25) is 10.1 Å². The first-order valence-electron chi connectivity index (χ1n) is 8.33. The molecule has 134 valence electrons. The van der Waals surface area contributed by atoms with Crippen molar-refractivity contribution < 1.29 is 14.3 Å². The number of halogens is 1. The van der Waals surface area contributed by atoms with Crippen LogP contribution >= 0.6 is 15.9 Å². The van der Waals surface area contributed by atoms with Gasteiger partial charge in [-0.2, -0.15) is 0 Å². The topological polar surface area (TPSA) is 67.4 Å². The predicted octanol–water partition coefficient (Wildman–Crippen LogP) is 4.36. The number of hydrogen-bond acceptors (Lipinski definition) is 3. The minimum atomic E-state index is -0.514. The van der Waals surface area contributed by atoms with E-state index in [0.717, 1.165) is 15.6 Å². The Hall–Kier alpha value is -3.12. The average molecular weight is 423 g/mol. The molecule has 0 unspecified atom stereocenters. The number of urea groups is 1. The summed E-state index contributed by atoms with van der Waals surface area (Å²) in [5.41, 5.74) is 2.10. The highest BCUT2D eigenvalue weighted by molar-refractivity contribution is 9.10. The van der Waals surface area contributed by atoms with Crippen molar-refractivity contribution in [1.82, 2.24) is 10.6 Å². The number of rotatable bonds is 4. The zero-order valence-electron chi connectivity index (χ0n) is 14.2. The van der Waals surface area contributed by atoms with Crippen molar-refractivity contribution in [3.63, 3.8) is 0 Å². The van der Waals surface area contributed by atoms with Crippen LogP contribution in [0.25, 0.3) is 16.8 Å². The summed E-state index contributed by atoms with van der Waals surface area (Å²) in [7, 11) is 0. The summed E-state index contributed by atoms with van der Waals surface area (Å²) in [4.78, 5) is 22.8. The van der Waals surface area contributed by atoms with Crippen molar-refractivity contribution in [2.75, 3.05) is 0 Å². The Balaban J connectivity index is 1.52. The van der Waals surface area contributed by atoms with Crippen LogP contribution in [0, 0.1) is 0 Å². The molecule has 0 saturated carbocycles. The standard InChI is InChI=1S/C21H15BrN2O3/c22-17-10-13(11-18-20(25)24-21(26)23-18)8-9-19(17)27-12-15-6-3-5-14-4-1-2-7-16(14)15/h1-11H,12H2,(H2,23,24,25,26). The molecule has 5 nitrogen and oxygen atoms in total. The van der Waals surface area contributed by atoms with E-state index in [2.05, 4.69) is 50.8 Å². The zero-order valence-corrected chi connectivity index (χ0v) is 15.7. The van der Waals surface area contributed by atoms with E-state index in [-0.39, 0.29) is 5.70 Å². The van der Waals surface area contributed by atoms with Gasteiger partial charge in [0.2, 0.25) is 0 Å². The first-order chi connectivity index (χ1) is 13.1. The number of fused-ring (bicyclic) bond motifs is 1. The maximum Gasteiger partial charge on any atom is 0.326 e. The van der Waals surface area contributed by atoms with Crippen molar-refractivity contribution >= 4 is 44.7 Å². The number of ether oxygens (including phenoxy) is 1. The third-order valence-electron chi connectivity index (χ3n) is 4.25. The minimum Gasteiger partial charge on any atom is -0.488 e. The smallest absolute Gasteiger partial charge is 0.326 e. The molecule has 3 aromatic carbocycles. The van der Waals surface area contributed by atoms with Crippen molar-refractivity contribution in [2.24, 2.45) is 0 Å². The molecular weight excluding hydrogens is 408 g/mol. The van der Waals surface area contributed by atoms with E-state index in [1.165, 1.54) is 10.8 Å². The lowest BCUT2D eigenvalue weighted by Gasteiger charge is -2.11. The molecule has 0 radical (unpaired) electrons. The molecule has 1 aliphatic rings. The Kier molecular flexibility index (Phi) is 4.64. The quantitative estimate of drug-likeness (QED) is 0.484. The Morgan fingerprint density at radius 1 is 0.963 bits per heavy atom. The lowest BCUT2D eigenvalue weighted by atomic mass is 10.1. The molecule has 1 heterocycles. The van der Waals surface area contributed by atoms with E-state index in [0.29, 0.717) is 12.4 Å². The third kappa shape index (κ3) is 3.71. The molecule has 3 aromatic rings. The molecule has 2 N–H and O–H groups in total. The number of benzene rings is 3. The fraction of sp³-hybridized carbons (Fsp3) is 0.0476. The van der Waals surface area contributed by atoms with E-state index in [1.54, 1.807) is 6.08 Å². The summed E-state index contributed by atoms with van der Waals surface area (Å²) in [6, 6.07) is 19.3. The van der Waals surface area contributed by atoms with Gasteiger partial charge in [0, 0.05) is 0 Å². The van der Waals surface area contributed by atoms with E-state index < -0.39 is 11.9 Å². The molecular formula is C21H15BrN2O3. The van der Waals surface area contributed by atoms with E-state index in [4.69, 9.17) is 4.74 Å². The Labute approximate surface area is 164 Å². The molecule has 0 spiro atoms. The van der Waals surface area contributed by atoms with Crippen LogP contribution in [-0.4, -0.2) is 11.9 Å². The van der Waals surface area contributed by atoms with Crippen molar-refractivity contribution in [3.8, 4) is 5.75 Å². The van der Waals surface area contributed by atoms with Crippen LogP contribution < -0.4 is 15.4 Å². The van der Waals surface area contributed by atoms with Gasteiger partial charge in [0.05, 0.1) is 4.47 Å². The highest BCUT2D eigenvalue weighted by atomic mass is 79.9. The number of carbonyl (C=O) groups is 2. The summed E-state index contributed by atoms with van der Waals surface area (Å²) < 4.78 is 6.74. The number of hydrogen-bond donors (Lipinski definition) is 2. The van der Waals surface area contributed by atoms with E-state index >= 15 is 0 Å². The third-order valence-corrected chi connectivity index (χ3v) is 4.87. The van der Waals surface area contributed by atoms with Crippen LogP contribution in [0.3, 0.4) is 0 Å². The number of amides is 3. The maximum atomic E-state index is 11.6. The van der Waals surface area contributed by atoms with Gasteiger partial charge in [-0.25, -0.2) is 4.79 Å². The highest BCUT2D eigenvalue weighted by Crippen LogP contribution is 2.29.